The third-order valence-electron chi connectivity index (χ3n) is 6.01. The quantitative estimate of drug-likeness (QED) is 0.0598. The Kier molecular flexibility index (Phi) is 9.78. The number of nitrogens with one attached hydrogen (secondary N) is 3. The summed E-state index contributed by atoms with van der Waals surface area (Å²) in [7, 11) is 0. The minimum Gasteiger partial charge on any atom is -0.368 e. The normalized spacial score (nSPS) is 12.1. The molecule has 0 saturated heterocycles. The maximum absolute atomic E-state index is 13.6. The fourth-order valence-corrected chi connectivity index (χ4v) is 4.13. The van der Waals surface area contributed by atoms with E-state index in [-0.39, 0.29) is 44.3 Å². The van der Waals surface area contributed by atoms with Gasteiger partial charge in [0, 0.05) is 36.7 Å². The molecule has 9 N–H and O–H groups in total. The molecule has 0 radical (unpaired) electrons. The van der Waals surface area contributed by atoms with E-state index in [1.54, 1.807) is 35.9 Å². The number of rotatable bonds is 13. The van der Waals surface area contributed by atoms with Crippen LogP contribution in [0.15, 0.2) is 59.7 Å². The van der Waals surface area contributed by atoms with E-state index in [9.17, 15) is 24.5 Å². The summed E-state index contributed by atoms with van der Waals surface area (Å²) in [4.78, 5) is 56.1. The molecule has 0 bridgehead atoms. The number of aliphatic imine (C=N–C) groups is 1. The van der Waals surface area contributed by atoms with Crippen molar-refractivity contribution in [2.75, 3.05) is 6.54 Å². The summed E-state index contributed by atoms with van der Waals surface area (Å²) in [5.41, 5.74) is 21.3. The first kappa shape index (κ1) is 28.4. The van der Waals surface area contributed by atoms with Crippen molar-refractivity contribution in [1.82, 2.24) is 20.6 Å². The SMILES string of the molecule is NC(=O)NCc1ccc(CN(C(=O)Cc2c[nH]c3ccccc23)[C@H](CCCN=C(N)N[N+](=O)[O-])C(N)=O)cc1. The number of nitrogens with two attached hydrogens (primary N) is 3. The predicted molar refractivity (Wildman–Crippen MR) is 144 cm³/mol. The largest absolute Gasteiger partial charge is 0.368 e. The van der Waals surface area contributed by atoms with E-state index in [1.807, 2.05) is 24.3 Å². The Morgan fingerprint density at radius 3 is 2.41 bits per heavy atom. The number of hydrazine groups is 1. The zero-order chi connectivity index (χ0) is 28.4. The van der Waals surface area contributed by atoms with Gasteiger partial charge in [0.15, 0.2) is 5.03 Å². The van der Waals surface area contributed by atoms with Crippen LogP contribution in [0, 0.1) is 10.1 Å². The van der Waals surface area contributed by atoms with Gasteiger partial charge in [-0.2, -0.15) is 0 Å². The Bertz CT molecular complexity index is 1350. The number of hydrogen-bond acceptors (Lipinski definition) is 6. The lowest BCUT2D eigenvalue weighted by atomic mass is 10.0. The molecule has 0 aliphatic heterocycles. The van der Waals surface area contributed by atoms with Crippen LogP contribution in [0.3, 0.4) is 0 Å². The van der Waals surface area contributed by atoms with Gasteiger partial charge in [0.05, 0.1) is 6.42 Å². The number of guanidine groups is 1. The molecule has 1 aromatic heterocycles. The van der Waals surface area contributed by atoms with E-state index in [1.165, 1.54) is 4.90 Å². The van der Waals surface area contributed by atoms with Crippen molar-refractivity contribution in [2.24, 2.45) is 22.2 Å². The number of hydrogen-bond donors (Lipinski definition) is 6. The van der Waals surface area contributed by atoms with Crippen molar-refractivity contribution < 1.29 is 19.4 Å². The number of nitro groups is 1. The van der Waals surface area contributed by atoms with Crippen molar-refractivity contribution in [3.8, 4) is 0 Å². The molecule has 0 aliphatic carbocycles. The monoisotopic (exact) mass is 537 g/mol. The average Bonchev–Trinajstić information content (AvgIpc) is 3.29. The Hall–Kier alpha value is -5.14. The highest BCUT2D eigenvalue weighted by atomic mass is 16.7. The molecule has 206 valence electrons. The highest BCUT2D eigenvalue weighted by Crippen LogP contribution is 2.21. The van der Waals surface area contributed by atoms with Crippen LogP contribution in [0.25, 0.3) is 10.9 Å². The lowest BCUT2D eigenvalue weighted by Gasteiger charge is -2.30. The maximum atomic E-state index is 13.6. The van der Waals surface area contributed by atoms with Gasteiger partial charge < -0.3 is 32.4 Å². The van der Waals surface area contributed by atoms with Crippen LogP contribution in [0.1, 0.15) is 29.5 Å². The topological polar surface area (TPSA) is 228 Å². The number of fused-ring (bicyclic) bond motifs is 1. The number of nitrogens with zero attached hydrogens (tertiary/aromatic N) is 3. The number of benzene rings is 2. The molecule has 14 nitrogen and oxygen atoms in total. The number of para-hydroxylation sites is 1. The Morgan fingerprint density at radius 1 is 1.05 bits per heavy atom. The van der Waals surface area contributed by atoms with Crippen molar-refractivity contribution in [3.05, 3.63) is 81.5 Å². The van der Waals surface area contributed by atoms with E-state index in [0.717, 1.165) is 27.6 Å². The average molecular weight is 538 g/mol. The third-order valence-corrected chi connectivity index (χ3v) is 6.01. The summed E-state index contributed by atoms with van der Waals surface area (Å²) >= 11 is 0. The van der Waals surface area contributed by atoms with Crippen molar-refractivity contribution >= 4 is 34.7 Å². The minimum atomic E-state index is -0.959. The van der Waals surface area contributed by atoms with Crippen LogP contribution in [0.5, 0.6) is 0 Å². The zero-order valence-electron chi connectivity index (χ0n) is 21.1. The molecule has 0 fully saturated rings. The molecule has 39 heavy (non-hydrogen) atoms. The minimum absolute atomic E-state index is 0.0340. The fourth-order valence-electron chi connectivity index (χ4n) is 4.13. The summed E-state index contributed by atoms with van der Waals surface area (Å²) in [6.45, 7) is 0.437. The maximum Gasteiger partial charge on any atom is 0.312 e. The summed E-state index contributed by atoms with van der Waals surface area (Å²) in [6, 6.07) is 13.1. The lowest BCUT2D eigenvalue weighted by molar-refractivity contribution is -0.525. The van der Waals surface area contributed by atoms with Crippen LogP contribution in [-0.4, -0.2) is 51.3 Å². The summed E-state index contributed by atoms with van der Waals surface area (Å²) in [5, 5.41) is 13.1. The van der Waals surface area contributed by atoms with Gasteiger partial charge in [-0.3, -0.25) is 9.59 Å². The van der Waals surface area contributed by atoms with Gasteiger partial charge in [-0.05, 0) is 35.6 Å². The second-order valence-electron chi connectivity index (χ2n) is 8.79. The first-order chi connectivity index (χ1) is 18.6. The summed E-state index contributed by atoms with van der Waals surface area (Å²) in [6.07, 6.45) is 2.26. The lowest BCUT2D eigenvalue weighted by Crippen LogP contribution is -2.48. The molecular formula is C25H31N9O5. The summed E-state index contributed by atoms with van der Waals surface area (Å²) < 4.78 is 0. The molecular weight excluding hydrogens is 506 g/mol. The molecule has 3 aromatic rings. The molecule has 3 rings (SSSR count). The van der Waals surface area contributed by atoms with E-state index in [2.05, 4.69) is 15.3 Å². The zero-order valence-corrected chi connectivity index (χ0v) is 21.1. The molecule has 14 heteroatoms. The molecule has 4 amide bonds. The second kappa shape index (κ2) is 13.4. The van der Waals surface area contributed by atoms with E-state index >= 15 is 0 Å². The highest BCUT2D eigenvalue weighted by Gasteiger charge is 2.28. The van der Waals surface area contributed by atoms with Gasteiger partial charge in [0.2, 0.25) is 11.8 Å². The Morgan fingerprint density at radius 2 is 1.74 bits per heavy atom. The van der Waals surface area contributed by atoms with E-state index in [0.29, 0.717) is 6.42 Å². The van der Waals surface area contributed by atoms with E-state index in [4.69, 9.17) is 17.2 Å². The van der Waals surface area contributed by atoms with Gasteiger partial charge in [0.1, 0.15) is 6.04 Å². The number of aromatic nitrogens is 1. The molecule has 0 unspecified atom stereocenters. The van der Waals surface area contributed by atoms with Crippen LogP contribution in [0.4, 0.5) is 4.79 Å². The number of amides is 4. The van der Waals surface area contributed by atoms with Gasteiger partial charge in [-0.25, -0.2) is 19.9 Å². The number of carbonyl (C=O) groups excluding carboxylic acids is 3. The standard InChI is InChI=1S/C25H31N9O5/c26-23(36)21(6-3-11-29-24(27)32-34(38)39)33(15-17-9-7-16(8-10-17)13-31-25(28)37)22(35)12-18-14-30-20-5-2-1-4-19(18)20/h1-2,4-5,7-10,14,21,30H,3,6,11-13,15H2,(H2,26,36)(H3,27,29,32)(H3,28,31,37)/t21-/m1/s1. The number of H-pyrrole nitrogens is 1. The highest BCUT2D eigenvalue weighted by molar-refractivity contribution is 5.91. The number of primary amides is 2. The fraction of sp³-hybridized carbons (Fsp3) is 0.280. The number of aromatic amines is 1. The van der Waals surface area contributed by atoms with Gasteiger partial charge in [0.25, 0.3) is 5.96 Å². The van der Waals surface area contributed by atoms with Crippen molar-refractivity contribution in [3.63, 3.8) is 0 Å². The van der Waals surface area contributed by atoms with Crippen molar-refractivity contribution in [2.45, 2.75) is 38.4 Å². The number of urea groups is 1. The molecule has 0 aliphatic rings. The molecule has 1 heterocycles. The van der Waals surface area contributed by atoms with Crippen LogP contribution in [-0.2, 0) is 29.1 Å². The first-order valence-electron chi connectivity index (χ1n) is 12.1. The molecule has 1 atom stereocenters. The third kappa shape index (κ3) is 8.45. The molecule has 0 spiro atoms. The predicted octanol–water partition coefficient (Wildman–Crippen LogP) is 0.638. The van der Waals surface area contributed by atoms with Crippen LogP contribution >= 0.6 is 0 Å². The second-order valence-corrected chi connectivity index (χ2v) is 8.79. The first-order valence-corrected chi connectivity index (χ1v) is 12.1. The van der Waals surface area contributed by atoms with E-state index < -0.39 is 23.0 Å². The van der Waals surface area contributed by atoms with Crippen LogP contribution in [0.2, 0.25) is 0 Å². The van der Waals surface area contributed by atoms with Crippen molar-refractivity contribution in [1.29, 1.82) is 0 Å². The smallest absolute Gasteiger partial charge is 0.312 e. The van der Waals surface area contributed by atoms with Gasteiger partial charge in [-0.1, -0.05) is 47.9 Å². The molecule has 0 saturated carbocycles. The van der Waals surface area contributed by atoms with Crippen LogP contribution < -0.4 is 27.9 Å². The Balaban J connectivity index is 1.80. The van der Waals surface area contributed by atoms with Gasteiger partial charge >= 0.3 is 6.03 Å². The van der Waals surface area contributed by atoms with Gasteiger partial charge in [-0.15, -0.1) is 0 Å². The Labute approximate surface area is 223 Å². The number of carbonyl (C=O) groups is 3. The summed E-state index contributed by atoms with van der Waals surface area (Å²) in [5.74, 6) is -1.36. The molecule has 2 aromatic carbocycles.